The zero-order valence-corrected chi connectivity index (χ0v) is 14.2. The molecule has 0 spiro atoms. The molecule has 1 N–H and O–H groups in total. The van der Waals surface area contributed by atoms with Gasteiger partial charge in [0.05, 0.1) is 0 Å². The van der Waals surface area contributed by atoms with E-state index in [1.54, 1.807) is 0 Å². The highest BCUT2D eigenvalue weighted by Gasteiger charge is 2.16. The van der Waals surface area contributed by atoms with E-state index in [0.717, 1.165) is 25.6 Å². The van der Waals surface area contributed by atoms with Crippen molar-refractivity contribution in [2.45, 2.75) is 47.6 Å². The molecular formula is C18H32N2. The lowest BCUT2D eigenvalue weighted by molar-refractivity contribution is 0.229. The molecule has 0 fully saturated rings. The molecule has 1 aromatic carbocycles. The zero-order valence-electron chi connectivity index (χ0n) is 14.2. The van der Waals surface area contributed by atoms with Crippen LogP contribution in [0.25, 0.3) is 0 Å². The summed E-state index contributed by atoms with van der Waals surface area (Å²) in [7, 11) is 0. The molecule has 0 saturated heterocycles. The number of hydrogen-bond donors (Lipinski definition) is 1. The number of nitrogens with one attached hydrogen (secondary N) is 1. The first-order valence-electron chi connectivity index (χ1n) is 8.00. The molecule has 114 valence electrons. The van der Waals surface area contributed by atoms with Gasteiger partial charge in [0.2, 0.25) is 0 Å². The summed E-state index contributed by atoms with van der Waals surface area (Å²) < 4.78 is 0. The maximum atomic E-state index is 3.66. The largest absolute Gasteiger partial charge is 0.309 e. The molecule has 2 heteroatoms. The predicted molar refractivity (Wildman–Crippen MR) is 89.3 cm³/mol. The molecule has 0 aliphatic carbocycles. The highest BCUT2D eigenvalue weighted by molar-refractivity contribution is 5.33. The Kier molecular flexibility index (Phi) is 7.25. The summed E-state index contributed by atoms with van der Waals surface area (Å²) in [6.45, 7) is 17.8. The molecule has 0 aliphatic heterocycles. The van der Waals surface area contributed by atoms with Gasteiger partial charge in [-0.2, -0.15) is 0 Å². The van der Waals surface area contributed by atoms with E-state index < -0.39 is 0 Å². The van der Waals surface area contributed by atoms with Crippen LogP contribution in [-0.2, 0) is 0 Å². The van der Waals surface area contributed by atoms with Gasteiger partial charge in [-0.15, -0.1) is 0 Å². The van der Waals surface area contributed by atoms with Crippen molar-refractivity contribution in [3.8, 4) is 0 Å². The maximum absolute atomic E-state index is 3.66. The molecule has 20 heavy (non-hydrogen) atoms. The van der Waals surface area contributed by atoms with Crippen LogP contribution in [0.15, 0.2) is 18.2 Å². The summed E-state index contributed by atoms with van der Waals surface area (Å²) in [5.74, 6) is 0.719. The predicted octanol–water partition coefficient (Wildman–Crippen LogP) is 3.93. The molecule has 0 heterocycles. The third kappa shape index (κ3) is 5.26. The molecule has 0 radical (unpaired) electrons. The molecule has 1 aromatic rings. The second-order valence-corrected chi connectivity index (χ2v) is 6.22. The first kappa shape index (κ1) is 17.2. The third-order valence-electron chi connectivity index (χ3n) is 3.76. The van der Waals surface area contributed by atoms with Crippen molar-refractivity contribution < 1.29 is 0 Å². The van der Waals surface area contributed by atoms with Gasteiger partial charge in [0.25, 0.3) is 0 Å². The summed E-state index contributed by atoms with van der Waals surface area (Å²) in [6.07, 6.45) is 0. The van der Waals surface area contributed by atoms with Gasteiger partial charge in [0.1, 0.15) is 0 Å². The standard InChI is InChI=1S/C18H32N2/c1-7-19-18(13-20(8-2)12-14(3)4)17-10-9-15(5)11-16(17)6/h9-11,14,18-19H,7-8,12-13H2,1-6H3. The van der Waals surface area contributed by atoms with Crippen molar-refractivity contribution in [3.05, 3.63) is 34.9 Å². The van der Waals surface area contributed by atoms with Crippen molar-refractivity contribution in [1.82, 2.24) is 10.2 Å². The van der Waals surface area contributed by atoms with Crippen LogP contribution in [-0.4, -0.2) is 31.1 Å². The van der Waals surface area contributed by atoms with Crippen molar-refractivity contribution in [3.63, 3.8) is 0 Å². The van der Waals surface area contributed by atoms with Gasteiger partial charge >= 0.3 is 0 Å². The van der Waals surface area contributed by atoms with E-state index in [-0.39, 0.29) is 0 Å². The van der Waals surface area contributed by atoms with Crippen LogP contribution in [0, 0.1) is 19.8 Å². The van der Waals surface area contributed by atoms with Crippen LogP contribution < -0.4 is 5.32 Å². The summed E-state index contributed by atoms with van der Waals surface area (Å²) in [5.41, 5.74) is 4.19. The monoisotopic (exact) mass is 276 g/mol. The van der Waals surface area contributed by atoms with Gasteiger partial charge in [-0.3, -0.25) is 0 Å². The minimum Gasteiger partial charge on any atom is -0.309 e. The Morgan fingerprint density at radius 3 is 2.30 bits per heavy atom. The van der Waals surface area contributed by atoms with Crippen LogP contribution in [0.5, 0.6) is 0 Å². The van der Waals surface area contributed by atoms with E-state index in [1.165, 1.54) is 23.2 Å². The summed E-state index contributed by atoms with van der Waals surface area (Å²) >= 11 is 0. The zero-order chi connectivity index (χ0) is 15.1. The number of likely N-dealkylation sites (N-methyl/N-ethyl adjacent to an activating group) is 2. The molecule has 1 atom stereocenters. The fraction of sp³-hybridized carbons (Fsp3) is 0.667. The van der Waals surface area contributed by atoms with Crippen LogP contribution in [0.4, 0.5) is 0 Å². The van der Waals surface area contributed by atoms with Gasteiger partial charge in [-0.1, -0.05) is 51.5 Å². The van der Waals surface area contributed by atoms with Crippen LogP contribution in [0.3, 0.4) is 0 Å². The quantitative estimate of drug-likeness (QED) is 0.774. The van der Waals surface area contributed by atoms with E-state index in [2.05, 4.69) is 70.0 Å². The van der Waals surface area contributed by atoms with E-state index in [1.807, 2.05) is 0 Å². The number of nitrogens with zero attached hydrogens (tertiary/aromatic N) is 1. The molecule has 1 rings (SSSR count). The van der Waals surface area contributed by atoms with Crippen molar-refractivity contribution in [2.24, 2.45) is 5.92 Å². The highest BCUT2D eigenvalue weighted by Crippen LogP contribution is 2.20. The number of rotatable bonds is 8. The smallest absolute Gasteiger partial charge is 0.0451 e. The lowest BCUT2D eigenvalue weighted by Crippen LogP contribution is -2.37. The van der Waals surface area contributed by atoms with Crippen molar-refractivity contribution in [1.29, 1.82) is 0 Å². The number of aryl methyl sites for hydroxylation is 2. The Morgan fingerprint density at radius 1 is 1.10 bits per heavy atom. The fourth-order valence-electron chi connectivity index (χ4n) is 2.84. The lowest BCUT2D eigenvalue weighted by atomic mass is 9.98. The SMILES string of the molecule is CCNC(CN(CC)CC(C)C)c1ccc(C)cc1C. The first-order valence-corrected chi connectivity index (χ1v) is 8.00. The van der Waals surface area contributed by atoms with Gasteiger partial charge in [0.15, 0.2) is 0 Å². The molecule has 0 bridgehead atoms. The van der Waals surface area contributed by atoms with Crippen molar-refractivity contribution in [2.75, 3.05) is 26.2 Å². The second-order valence-electron chi connectivity index (χ2n) is 6.22. The Bertz CT molecular complexity index is 398. The molecule has 0 saturated carbocycles. The molecule has 2 nitrogen and oxygen atoms in total. The number of benzene rings is 1. The molecule has 0 aliphatic rings. The summed E-state index contributed by atoms with van der Waals surface area (Å²) in [6, 6.07) is 7.24. The molecule has 0 aromatic heterocycles. The van der Waals surface area contributed by atoms with Crippen LogP contribution >= 0.6 is 0 Å². The highest BCUT2D eigenvalue weighted by atomic mass is 15.1. The number of hydrogen-bond acceptors (Lipinski definition) is 2. The first-order chi connectivity index (χ1) is 9.47. The Morgan fingerprint density at radius 2 is 1.80 bits per heavy atom. The summed E-state index contributed by atoms with van der Waals surface area (Å²) in [4.78, 5) is 2.55. The van der Waals surface area contributed by atoms with Gasteiger partial charge in [0, 0.05) is 19.1 Å². The Hall–Kier alpha value is -0.860. The minimum absolute atomic E-state index is 0.430. The summed E-state index contributed by atoms with van der Waals surface area (Å²) in [5, 5.41) is 3.66. The van der Waals surface area contributed by atoms with Gasteiger partial charge in [-0.05, 0) is 44.0 Å². The maximum Gasteiger partial charge on any atom is 0.0451 e. The van der Waals surface area contributed by atoms with Crippen LogP contribution in [0.2, 0.25) is 0 Å². The molecule has 0 amide bonds. The molecule has 1 unspecified atom stereocenters. The van der Waals surface area contributed by atoms with Gasteiger partial charge < -0.3 is 10.2 Å². The third-order valence-corrected chi connectivity index (χ3v) is 3.76. The van der Waals surface area contributed by atoms with Crippen molar-refractivity contribution >= 4 is 0 Å². The van der Waals surface area contributed by atoms with Crippen LogP contribution in [0.1, 0.15) is 50.4 Å². The lowest BCUT2D eigenvalue weighted by Gasteiger charge is -2.29. The van der Waals surface area contributed by atoms with E-state index >= 15 is 0 Å². The van der Waals surface area contributed by atoms with E-state index in [4.69, 9.17) is 0 Å². The average molecular weight is 276 g/mol. The van der Waals surface area contributed by atoms with E-state index in [9.17, 15) is 0 Å². The average Bonchev–Trinajstić information content (AvgIpc) is 2.37. The fourth-order valence-corrected chi connectivity index (χ4v) is 2.84. The Balaban J connectivity index is 2.87. The molecular weight excluding hydrogens is 244 g/mol. The minimum atomic E-state index is 0.430. The topological polar surface area (TPSA) is 15.3 Å². The normalized spacial score (nSPS) is 13.2. The second kappa shape index (κ2) is 8.43. The Labute approximate surface area is 125 Å². The van der Waals surface area contributed by atoms with Gasteiger partial charge in [-0.25, -0.2) is 0 Å². The van der Waals surface area contributed by atoms with E-state index in [0.29, 0.717) is 6.04 Å².